The van der Waals surface area contributed by atoms with Crippen molar-refractivity contribution in [1.29, 1.82) is 0 Å². The minimum Gasteiger partial charge on any atom is -0.456 e. The summed E-state index contributed by atoms with van der Waals surface area (Å²) in [6, 6.07) is 8.59. The van der Waals surface area contributed by atoms with Crippen LogP contribution in [0.25, 0.3) is 0 Å². The number of nitrogens with zero attached hydrogens (tertiary/aromatic N) is 3. The third-order valence-electron chi connectivity index (χ3n) is 4.97. The van der Waals surface area contributed by atoms with Gasteiger partial charge in [-0.1, -0.05) is 6.07 Å². The number of aromatic nitrogens is 3. The van der Waals surface area contributed by atoms with Crippen molar-refractivity contribution in [3.8, 4) is 11.5 Å². The largest absolute Gasteiger partial charge is 0.456 e. The first-order chi connectivity index (χ1) is 14.1. The molecule has 2 heterocycles. The molecular weight excluding hydrogens is 375 g/mol. The summed E-state index contributed by atoms with van der Waals surface area (Å²) in [6.07, 6.45) is 7.47. The minimum absolute atomic E-state index is 0.224. The van der Waals surface area contributed by atoms with Gasteiger partial charge in [0, 0.05) is 25.0 Å². The summed E-state index contributed by atoms with van der Waals surface area (Å²) in [7, 11) is 0. The fourth-order valence-corrected chi connectivity index (χ4v) is 3.60. The van der Waals surface area contributed by atoms with Gasteiger partial charge in [0.2, 0.25) is 0 Å². The maximum Gasteiger partial charge on any atom is 0.270 e. The van der Waals surface area contributed by atoms with Gasteiger partial charge in [0.05, 0.1) is 24.7 Å². The molecule has 1 aliphatic carbocycles. The molecule has 1 aliphatic rings. The Labute approximate surface area is 167 Å². The number of benzene rings is 1. The van der Waals surface area contributed by atoms with E-state index in [4.69, 9.17) is 4.74 Å². The molecule has 1 aromatic carbocycles. The van der Waals surface area contributed by atoms with Crippen LogP contribution in [0.1, 0.15) is 23.3 Å². The molecule has 1 saturated carbocycles. The number of aliphatic hydroxyl groups is 1. The number of hydrogen-bond donors (Lipinski definition) is 2. The van der Waals surface area contributed by atoms with Crippen LogP contribution in [0.4, 0.5) is 4.39 Å². The molecule has 1 unspecified atom stereocenters. The Hall–Kier alpha value is -3.26. The number of halogens is 1. The lowest BCUT2D eigenvalue weighted by atomic mass is 10.1. The van der Waals surface area contributed by atoms with E-state index in [1.807, 2.05) is 10.8 Å². The number of imidazole rings is 1. The first kappa shape index (κ1) is 19.1. The normalized spacial score (nSPS) is 21.1. The van der Waals surface area contributed by atoms with Crippen LogP contribution >= 0.6 is 0 Å². The molecule has 3 atom stereocenters. The summed E-state index contributed by atoms with van der Waals surface area (Å²) in [6.45, 7) is 0.758. The molecule has 0 saturated heterocycles. The number of ether oxygens (including phenoxy) is 1. The fourth-order valence-electron chi connectivity index (χ4n) is 3.60. The number of hydrogen-bond acceptors (Lipinski definition) is 5. The average Bonchev–Trinajstić information content (AvgIpc) is 3.32. The Bertz CT molecular complexity index is 962. The molecular formula is C21H21FN4O3. The zero-order valence-electron chi connectivity index (χ0n) is 15.6. The van der Waals surface area contributed by atoms with Crippen molar-refractivity contribution in [2.45, 2.75) is 31.5 Å². The first-order valence-electron chi connectivity index (χ1n) is 9.41. The van der Waals surface area contributed by atoms with Gasteiger partial charge in [-0.3, -0.25) is 4.79 Å². The molecule has 0 aliphatic heterocycles. The maximum atomic E-state index is 13.2. The lowest BCUT2D eigenvalue weighted by Gasteiger charge is -2.16. The zero-order chi connectivity index (χ0) is 20.2. The monoisotopic (exact) mass is 396 g/mol. The zero-order valence-corrected chi connectivity index (χ0v) is 15.6. The molecule has 0 spiro atoms. The SMILES string of the molecule is O=C(N[C@@H]1CC(Cn2ccnc2)C[C@H]1O)c1ccc(Oc2cccc(F)c2)cn1. The Morgan fingerprint density at radius 1 is 1.28 bits per heavy atom. The van der Waals surface area contributed by atoms with Gasteiger partial charge in [0.1, 0.15) is 23.0 Å². The van der Waals surface area contributed by atoms with Crippen molar-refractivity contribution in [3.05, 3.63) is 72.8 Å². The van der Waals surface area contributed by atoms with Gasteiger partial charge >= 0.3 is 0 Å². The van der Waals surface area contributed by atoms with Crippen molar-refractivity contribution in [3.63, 3.8) is 0 Å². The van der Waals surface area contributed by atoms with Crippen LogP contribution in [0.15, 0.2) is 61.3 Å². The molecule has 150 valence electrons. The Morgan fingerprint density at radius 3 is 2.90 bits per heavy atom. The van der Waals surface area contributed by atoms with Gasteiger partial charge in [0.15, 0.2) is 0 Å². The van der Waals surface area contributed by atoms with Crippen molar-refractivity contribution >= 4 is 5.91 Å². The van der Waals surface area contributed by atoms with E-state index in [0.717, 1.165) is 6.54 Å². The number of nitrogens with one attached hydrogen (secondary N) is 1. The standard InChI is InChI=1S/C21H21FN4O3/c22-15-2-1-3-16(10-15)29-17-4-5-18(24-11-17)21(28)25-19-8-14(9-20(19)27)12-26-7-6-23-13-26/h1-7,10-11,13-14,19-20,27H,8-9,12H2,(H,25,28)/t14?,19-,20-/m1/s1. The topological polar surface area (TPSA) is 89.3 Å². The van der Waals surface area contributed by atoms with E-state index < -0.39 is 11.9 Å². The predicted molar refractivity (Wildman–Crippen MR) is 103 cm³/mol. The van der Waals surface area contributed by atoms with Crippen LogP contribution in [-0.2, 0) is 6.54 Å². The molecule has 1 amide bonds. The van der Waals surface area contributed by atoms with Crippen LogP contribution in [0, 0.1) is 11.7 Å². The van der Waals surface area contributed by atoms with Crippen LogP contribution < -0.4 is 10.1 Å². The molecule has 4 rings (SSSR count). The number of amides is 1. The van der Waals surface area contributed by atoms with E-state index in [1.165, 1.54) is 24.4 Å². The number of aliphatic hydroxyl groups excluding tert-OH is 1. The van der Waals surface area contributed by atoms with Crippen LogP contribution in [-0.4, -0.2) is 37.7 Å². The van der Waals surface area contributed by atoms with Gasteiger partial charge in [-0.25, -0.2) is 14.4 Å². The highest BCUT2D eigenvalue weighted by Crippen LogP contribution is 2.28. The maximum absolute atomic E-state index is 13.2. The van der Waals surface area contributed by atoms with E-state index in [9.17, 15) is 14.3 Å². The second-order valence-corrected chi connectivity index (χ2v) is 7.18. The van der Waals surface area contributed by atoms with E-state index in [0.29, 0.717) is 24.3 Å². The first-order valence-corrected chi connectivity index (χ1v) is 9.41. The van der Waals surface area contributed by atoms with Gasteiger partial charge in [-0.05, 0) is 43.0 Å². The van der Waals surface area contributed by atoms with Crippen LogP contribution in [0.3, 0.4) is 0 Å². The molecule has 8 heteroatoms. The second-order valence-electron chi connectivity index (χ2n) is 7.18. The summed E-state index contributed by atoms with van der Waals surface area (Å²) < 4.78 is 20.7. The number of carbonyl (C=O) groups excluding carboxylic acids is 1. The van der Waals surface area contributed by atoms with E-state index in [1.54, 1.807) is 30.7 Å². The van der Waals surface area contributed by atoms with Crippen LogP contribution in [0.2, 0.25) is 0 Å². The average molecular weight is 396 g/mol. The summed E-state index contributed by atoms with van der Waals surface area (Å²) in [5.74, 6) is 0.262. The van der Waals surface area contributed by atoms with E-state index in [-0.39, 0.29) is 23.6 Å². The summed E-state index contributed by atoms with van der Waals surface area (Å²) in [4.78, 5) is 20.6. The van der Waals surface area contributed by atoms with Gasteiger partial charge in [0.25, 0.3) is 5.91 Å². The lowest BCUT2D eigenvalue weighted by Crippen LogP contribution is -2.40. The smallest absolute Gasteiger partial charge is 0.270 e. The van der Waals surface area contributed by atoms with Gasteiger partial charge in [-0.2, -0.15) is 0 Å². The van der Waals surface area contributed by atoms with Gasteiger partial charge < -0.3 is 19.7 Å². The third-order valence-corrected chi connectivity index (χ3v) is 4.97. The molecule has 0 radical (unpaired) electrons. The molecule has 7 nitrogen and oxygen atoms in total. The summed E-state index contributed by atoms with van der Waals surface area (Å²) in [5, 5.41) is 13.2. The molecule has 0 bridgehead atoms. The Kier molecular flexibility index (Phi) is 5.53. The van der Waals surface area contributed by atoms with Crippen molar-refractivity contribution in [1.82, 2.24) is 19.9 Å². The fraction of sp³-hybridized carbons (Fsp3) is 0.286. The molecule has 29 heavy (non-hydrogen) atoms. The molecule has 2 N–H and O–H groups in total. The minimum atomic E-state index is -0.594. The Balaban J connectivity index is 1.33. The summed E-state index contributed by atoms with van der Waals surface area (Å²) in [5.41, 5.74) is 0.224. The van der Waals surface area contributed by atoms with Crippen molar-refractivity contribution in [2.75, 3.05) is 0 Å². The van der Waals surface area contributed by atoms with Crippen molar-refractivity contribution in [2.24, 2.45) is 5.92 Å². The van der Waals surface area contributed by atoms with Crippen LogP contribution in [0.5, 0.6) is 11.5 Å². The van der Waals surface area contributed by atoms with E-state index >= 15 is 0 Å². The number of rotatable bonds is 6. The second kappa shape index (κ2) is 8.40. The van der Waals surface area contributed by atoms with E-state index in [2.05, 4.69) is 15.3 Å². The summed E-state index contributed by atoms with van der Waals surface area (Å²) >= 11 is 0. The number of pyridine rings is 1. The van der Waals surface area contributed by atoms with Crippen molar-refractivity contribution < 1.29 is 19.0 Å². The number of carbonyl (C=O) groups is 1. The third kappa shape index (κ3) is 4.78. The highest BCUT2D eigenvalue weighted by molar-refractivity contribution is 5.92. The predicted octanol–water partition coefficient (Wildman–Crippen LogP) is 2.78. The highest BCUT2D eigenvalue weighted by atomic mass is 19.1. The quantitative estimate of drug-likeness (QED) is 0.669. The Morgan fingerprint density at radius 2 is 2.17 bits per heavy atom. The molecule has 3 aromatic rings. The van der Waals surface area contributed by atoms with Gasteiger partial charge in [-0.15, -0.1) is 0 Å². The molecule has 2 aromatic heterocycles. The highest BCUT2D eigenvalue weighted by Gasteiger charge is 2.34. The molecule has 1 fully saturated rings. The lowest BCUT2D eigenvalue weighted by molar-refractivity contribution is 0.0868.